The molecule has 0 spiro atoms. The van der Waals surface area contributed by atoms with Crippen molar-refractivity contribution in [2.24, 2.45) is 0 Å². The summed E-state index contributed by atoms with van der Waals surface area (Å²) in [5, 5.41) is 9.72. The lowest BCUT2D eigenvalue weighted by molar-refractivity contribution is -0.0592. The van der Waals surface area contributed by atoms with Crippen molar-refractivity contribution < 1.29 is 23.8 Å². The van der Waals surface area contributed by atoms with Crippen LogP contribution in [0.15, 0.2) is 48.7 Å². The molecule has 6 rings (SSSR count). The number of hydrogen-bond acceptors (Lipinski definition) is 7. The molecule has 2 fully saturated rings. The number of aromatic carboxylic acids is 1. The van der Waals surface area contributed by atoms with E-state index < -0.39 is 11.8 Å². The zero-order valence-corrected chi connectivity index (χ0v) is 22.6. The van der Waals surface area contributed by atoms with Gasteiger partial charge in [-0.1, -0.05) is 17.7 Å². The number of ether oxygens (including phenoxy) is 2. The Hall–Kier alpha value is -3.60. The maximum Gasteiger partial charge on any atom is 0.335 e. The number of pyridine rings is 2. The fraction of sp³-hybridized carbons (Fsp3) is 0.379. The normalized spacial score (nSPS) is 18.1. The highest BCUT2D eigenvalue weighted by atomic mass is 35.5. The number of likely N-dealkylation sites (tertiary alicyclic amines) is 1. The van der Waals surface area contributed by atoms with E-state index >= 15 is 0 Å². The van der Waals surface area contributed by atoms with Crippen molar-refractivity contribution in [1.82, 2.24) is 24.4 Å². The van der Waals surface area contributed by atoms with Crippen LogP contribution in [0, 0.1) is 5.82 Å². The molecule has 0 bridgehead atoms. The van der Waals surface area contributed by atoms with Gasteiger partial charge in [-0.2, -0.15) is 0 Å². The van der Waals surface area contributed by atoms with Gasteiger partial charge < -0.3 is 19.1 Å². The van der Waals surface area contributed by atoms with E-state index in [0.717, 1.165) is 61.5 Å². The SMILES string of the molecule is O=C(O)c1ccc2nc(CN3CCC(c4cccc(OCc5ncc(Cl)cc5F)n4)CC3)n(CC3CCO3)c2c1. The number of imidazole rings is 1. The van der Waals surface area contributed by atoms with Crippen LogP contribution in [0.3, 0.4) is 0 Å². The second-order valence-electron chi connectivity index (χ2n) is 10.3. The first kappa shape index (κ1) is 26.6. The van der Waals surface area contributed by atoms with Crippen LogP contribution in [-0.4, -0.2) is 61.3 Å². The minimum absolute atomic E-state index is 0.0290. The first-order valence-corrected chi connectivity index (χ1v) is 13.8. The Labute approximate surface area is 235 Å². The number of piperidine rings is 1. The lowest BCUT2D eigenvalue weighted by Crippen LogP contribution is -2.35. The predicted octanol–water partition coefficient (Wildman–Crippen LogP) is 5.06. The van der Waals surface area contributed by atoms with Gasteiger partial charge in [0.05, 0.1) is 40.8 Å². The number of fused-ring (bicyclic) bond motifs is 1. The van der Waals surface area contributed by atoms with Crippen molar-refractivity contribution in [2.45, 2.75) is 51.0 Å². The first-order valence-electron chi connectivity index (χ1n) is 13.4. The standard InChI is InChI=1S/C29H29ClFN5O4/c30-20-13-22(31)25(32-14-20)17-40-28-3-1-2-23(34-28)18-6-9-35(10-7-18)16-27-33-24-5-4-19(29(37)38)12-26(24)36(27)15-21-8-11-39-21/h1-5,12-14,18,21H,6-11,15-17H2,(H,37,38). The molecular weight excluding hydrogens is 537 g/mol. The maximum atomic E-state index is 14.0. The third-order valence-electron chi connectivity index (χ3n) is 7.61. The van der Waals surface area contributed by atoms with E-state index in [9.17, 15) is 14.3 Å². The zero-order chi connectivity index (χ0) is 27.6. The molecule has 5 heterocycles. The van der Waals surface area contributed by atoms with Crippen LogP contribution in [0.2, 0.25) is 5.02 Å². The molecule has 1 N–H and O–H groups in total. The van der Waals surface area contributed by atoms with E-state index in [-0.39, 0.29) is 34.9 Å². The highest BCUT2D eigenvalue weighted by Crippen LogP contribution is 2.30. The average Bonchev–Trinajstić information content (AvgIpc) is 3.26. The molecule has 1 unspecified atom stereocenters. The largest absolute Gasteiger partial charge is 0.478 e. The Morgan fingerprint density at radius 1 is 1.15 bits per heavy atom. The molecule has 2 aliphatic heterocycles. The quantitative estimate of drug-likeness (QED) is 0.300. The molecule has 1 atom stereocenters. The maximum absolute atomic E-state index is 14.0. The molecule has 3 aromatic heterocycles. The predicted molar refractivity (Wildman–Crippen MR) is 146 cm³/mol. The van der Waals surface area contributed by atoms with Gasteiger partial charge in [-0.3, -0.25) is 9.88 Å². The van der Waals surface area contributed by atoms with Crippen LogP contribution >= 0.6 is 11.6 Å². The minimum atomic E-state index is -0.949. The third-order valence-corrected chi connectivity index (χ3v) is 7.82. The number of hydrogen-bond donors (Lipinski definition) is 1. The Bertz CT molecular complexity index is 1530. The van der Waals surface area contributed by atoms with Crippen molar-refractivity contribution in [3.8, 4) is 5.88 Å². The Kier molecular flexibility index (Phi) is 7.64. The molecule has 0 saturated carbocycles. The lowest BCUT2D eigenvalue weighted by Gasteiger charge is -2.32. The van der Waals surface area contributed by atoms with Crippen LogP contribution in [0.25, 0.3) is 11.0 Å². The van der Waals surface area contributed by atoms with Crippen molar-refractivity contribution in [3.05, 3.63) is 82.3 Å². The molecule has 40 heavy (non-hydrogen) atoms. The van der Waals surface area contributed by atoms with E-state index in [1.165, 1.54) is 12.3 Å². The zero-order valence-electron chi connectivity index (χ0n) is 21.8. The summed E-state index contributed by atoms with van der Waals surface area (Å²) >= 11 is 5.78. The summed E-state index contributed by atoms with van der Waals surface area (Å²) in [5.74, 6) is 0.180. The molecule has 208 valence electrons. The first-order chi connectivity index (χ1) is 19.4. The summed E-state index contributed by atoms with van der Waals surface area (Å²) in [4.78, 5) is 27.5. The molecule has 9 nitrogen and oxygen atoms in total. The number of nitrogens with zero attached hydrogens (tertiary/aromatic N) is 5. The molecule has 11 heteroatoms. The Balaban J connectivity index is 1.11. The lowest BCUT2D eigenvalue weighted by atomic mass is 9.93. The number of rotatable bonds is 9. The van der Waals surface area contributed by atoms with Crippen molar-refractivity contribution in [1.29, 1.82) is 0 Å². The van der Waals surface area contributed by atoms with Gasteiger partial charge in [0.1, 0.15) is 23.9 Å². The van der Waals surface area contributed by atoms with Crippen LogP contribution < -0.4 is 4.74 Å². The summed E-state index contributed by atoms with van der Waals surface area (Å²) < 4.78 is 27.6. The van der Waals surface area contributed by atoms with E-state index in [2.05, 4.69) is 19.4 Å². The highest BCUT2D eigenvalue weighted by Gasteiger charge is 2.26. The Morgan fingerprint density at radius 2 is 1.98 bits per heavy atom. The average molecular weight is 566 g/mol. The number of halogens is 2. The van der Waals surface area contributed by atoms with Gasteiger partial charge in [0, 0.05) is 30.5 Å². The van der Waals surface area contributed by atoms with Crippen molar-refractivity contribution in [2.75, 3.05) is 19.7 Å². The number of carboxylic acids is 1. The summed E-state index contributed by atoms with van der Waals surface area (Å²) in [5.41, 5.74) is 3.01. The number of benzene rings is 1. The van der Waals surface area contributed by atoms with Gasteiger partial charge in [0.15, 0.2) is 0 Å². The van der Waals surface area contributed by atoms with E-state index in [1.807, 2.05) is 12.1 Å². The molecule has 4 aromatic rings. The highest BCUT2D eigenvalue weighted by molar-refractivity contribution is 6.30. The van der Waals surface area contributed by atoms with E-state index in [4.69, 9.17) is 26.1 Å². The number of carbonyl (C=O) groups is 1. The van der Waals surface area contributed by atoms with Crippen LogP contribution in [0.4, 0.5) is 4.39 Å². The topological polar surface area (TPSA) is 103 Å². The van der Waals surface area contributed by atoms with Crippen molar-refractivity contribution >= 4 is 28.6 Å². The van der Waals surface area contributed by atoms with Crippen LogP contribution in [-0.2, 0) is 24.4 Å². The van der Waals surface area contributed by atoms with Crippen LogP contribution in [0.1, 0.15) is 52.8 Å². The Morgan fingerprint density at radius 3 is 2.70 bits per heavy atom. The smallest absolute Gasteiger partial charge is 0.335 e. The van der Waals surface area contributed by atoms with Crippen molar-refractivity contribution in [3.63, 3.8) is 0 Å². The summed E-state index contributed by atoms with van der Waals surface area (Å²) in [6.07, 6.45) is 4.37. The third kappa shape index (κ3) is 5.79. The molecule has 0 aliphatic carbocycles. The van der Waals surface area contributed by atoms with Gasteiger partial charge in [-0.25, -0.2) is 19.2 Å². The molecule has 2 saturated heterocycles. The van der Waals surface area contributed by atoms with Gasteiger partial charge in [-0.15, -0.1) is 0 Å². The minimum Gasteiger partial charge on any atom is -0.478 e. The van der Waals surface area contributed by atoms with Crippen LogP contribution in [0.5, 0.6) is 5.88 Å². The number of carboxylic acid groups (broad SMARTS) is 1. The summed E-state index contributed by atoms with van der Waals surface area (Å²) in [7, 11) is 0. The number of aromatic nitrogens is 4. The van der Waals surface area contributed by atoms with Gasteiger partial charge in [0.2, 0.25) is 5.88 Å². The molecule has 2 aliphatic rings. The second kappa shape index (κ2) is 11.5. The summed E-state index contributed by atoms with van der Waals surface area (Å²) in [6, 6.07) is 12.0. The molecule has 1 aromatic carbocycles. The van der Waals surface area contributed by atoms with Gasteiger partial charge in [0.25, 0.3) is 0 Å². The molecule has 0 amide bonds. The fourth-order valence-electron chi connectivity index (χ4n) is 5.28. The van der Waals surface area contributed by atoms with Gasteiger partial charge >= 0.3 is 5.97 Å². The summed E-state index contributed by atoms with van der Waals surface area (Å²) in [6.45, 7) is 3.82. The second-order valence-corrected chi connectivity index (χ2v) is 10.7. The van der Waals surface area contributed by atoms with Gasteiger partial charge in [-0.05, 0) is 62.7 Å². The monoisotopic (exact) mass is 565 g/mol. The fourth-order valence-corrected chi connectivity index (χ4v) is 5.42. The van der Waals surface area contributed by atoms with E-state index in [1.54, 1.807) is 24.3 Å². The molecule has 0 radical (unpaired) electrons. The van der Waals surface area contributed by atoms with E-state index in [0.29, 0.717) is 19.0 Å². The molecular formula is C29H29ClFN5O4.